The van der Waals surface area contributed by atoms with Gasteiger partial charge in [0.15, 0.2) is 4.34 Å². The van der Waals surface area contributed by atoms with Crippen LogP contribution in [0.2, 0.25) is 0 Å². The molecule has 0 spiro atoms. The van der Waals surface area contributed by atoms with Gasteiger partial charge in [0.25, 0.3) is 0 Å². The second-order valence-electron chi connectivity index (χ2n) is 2.54. The summed E-state index contributed by atoms with van der Waals surface area (Å²) in [7, 11) is 0. The molecule has 3 nitrogen and oxygen atoms in total. The van der Waals surface area contributed by atoms with Crippen molar-refractivity contribution >= 4 is 39.0 Å². The van der Waals surface area contributed by atoms with E-state index in [0.717, 1.165) is 19.7 Å². The maximum atomic E-state index is 4.34. The van der Waals surface area contributed by atoms with Gasteiger partial charge < -0.3 is 0 Å². The topological polar surface area (TPSA) is 38.7 Å². The van der Waals surface area contributed by atoms with Crippen LogP contribution in [0.5, 0.6) is 0 Å². The highest BCUT2D eigenvalue weighted by molar-refractivity contribution is 9.10. The third-order valence-corrected chi connectivity index (χ3v) is 3.82. The molecule has 2 rings (SSSR count). The van der Waals surface area contributed by atoms with E-state index in [4.69, 9.17) is 0 Å². The van der Waals surface area contributed by atoms with E-state index in [1.807, 2.05) is 18.4 Å². The molecule has 0 aromatic carbocycles. The van der Waals surface area contributed by atoms with E-state index in [9.17, 15) is 0 Å². The fourth-order valence-electron chi connectivity index (χ4n) is 0.842. The highest BCUT2D eigenvalue weighted by Gasteiger charge is 2.03. The average Bonchev–Trinajstić information content (AvgIpc) is 2.51. The minimum absolute atomic E-state index is 0.795. The molecule has 0 fully saturated rings. The Morgan fingerprint density at radius 1 is 1.43 bits per heavy atom. The first-order chi connectivity index (χ1) is 6.74. The lowest BCUT2D eigenvalue weighted by Crippen LogP contribution is -1.82. The molecule has 2 heterocycles. The Morgan fingerprint density at radius 2 is 2.29 bits per heavy atom. The smallest absolute Gasteiger partial charge is 0.156 e. The summed E-state index contributed by atoms with van der Waals surface area (Å²) in [5, 5.41) is 2.93. The zero-order valence-electron chi connectivity index (χ0n) is 7.27. The van der Waals surface area contributed by atoms with Crippen LogP contribution in [-0.4, -0.2) is 15.0 Å². The molecule has 0 unspecified atom stereocenters. The van der Waals surface area contributed by atoms with Crippen LogP contribution in [0.15, 0.2) is 31.7 Å². The minimum Gasteiger partial charge on any atom is -0.235 e. The number of aryl methyl sites for hydroxylation is 1. The van der Waals surface area contributed by atoms with Gasteiger partial charge in [0, 0.05) is 17.1 Å². The van der Waals surface area contributed by atoms with Crippen LogP contribution in [-0.2, 0) is 0 Å². The first-order valence-corrected chi connectivity index (χ1v) is 6.30. The standard InChI is InChI=1S/C8H6BrN3S2/c1-5-3-13-8(12-5)14-7-2-6(9)10-4-11-7/h2-4H,1H3. The second kappa shape index (κ2) is 4.37. The summed E-state index contributed by atoms with van der Waals surface area (Å²) in [6, 6.07) is 1.88. The molecule has 0 aliphatic heterocycles. The van der Waals surface area contributed by atoms with E-state index < -0.39 is 0 Å². The molecule has 2 aromatic rings. The van der Waals surface area contributed by atoms with Crippen molar-refractivity contribution in [3.05, 3.63) is 28.1 Å². The van der Waals surface area contributed by atoms with E-state index >= 15 is 0 Å². The molecule has 0 saturated heterocycles. The van der Waals surface area contributed by atoms with Gasteiger partial charge in [0.05, 0.1) is 0 Å². The number of hydrogen-bond acceptors (Lipinski definition) is 5. The predicted molar refractivity (Wildman–Crippen MR) is 60.7 cm³/mol. The van der Waals surface area contributed by atoms with E-state index in [1.165, 1.54) is 6.33 Å². The normalized spacial score (nSPS) is 10.4. The van der Waals surface area contributed by atoms with E-state index in [0.29, 0.717) is 0 Å². The number of thiazole rings is 1. The van der Waals surface area contributed by atoms with Gasteiger partial charge in [-0.05, 0) is 34.6 Å². The van der Waals surface area contributed by atoms with Crippen molar-refractivity contribution in [2.24, 2.45) is 0 Å². The van der Waals surface area contributed by atoms with Gasteiger partial charge in [0.1, 0.15) is 16.0 Å². The van der Waals surface area contributed by atoms with Gasteiger partial charge in [-0.15, -0.1) is 11.3 Å². The molecule has 0 amide bonds. The van der Waals surface area contributed by atoms with Gasteiger partial charge in [-0.2, -0.15) is 0 Å². The van der Waals surface area contributed by atoms with Crippen LogP contribution in [0.25, 0.3) is 0 Å². The number of halogens is 1. The molecule has 14 heavy (non-hydrogen) atoms. The van der Waals surface area contributed by atoms with Crippen molar-refractivity contribution in [3.63, 3.8) is 0 Å². The highest BCUT2D eigenvalue weighted by atomic mass is 79.9. The van der Waals surface area contributed by atoms with Crippen molar-refractivity contribution in [2.45, 2.75) is 16.3 Å². The molecule has 0 atom stereocenters. The fraction of sp³-hybridized carbons (Fsp3) is 0.125. The first kappa shape index (κ1) is 10.1. The van der Waals surface area contributed by atoms with Crippen molar-refractivity contribution in [2.75, 3.05) is 0 Å². The maximum absolute atomic E-state index is 4.34. The Bertz CT molecular complexity index is 444. The van der Waals surface area contributed by atoms with Gasteiger partial charge >= 0.3 is 0 Å². The van der Waals surface area contributed by atoms with Crippen LogP contribution in [0.1, 0.15) is 5.69 Å². The van der Waals surface area contributed by atoms with Crippen LogP contribution in [0, 0.1) is 6.92 Å². The molecule has 0 saturated carbocycles. The van der Waals surface area contributed by atoms with Crippen molar-refractivity contribution < 1.29 is 0 Å². The average molecular weight is 288 g/mol. The van der Waals surface area contributed by atoms with Crippen molar-refractivity contribution in [1.29, 1.82) is 0 Å². The number of aromatic nitrogens is 3. The zero-order chi connectivity index (χ0) is 9.97. The van der Waals surface area contributed by atoms with Gasteiger partial charge in [-0.25, -0.2) is 15.0 Å². The third-order valence-electron chi connectivity index (χ3n) is 1.40. The van der Waals surface area contributed by atoms with Gasteiger partial charge in [-0.1, -0.05) is 0 Å². The summed E-state index contributed by atoms with van der Waals surface area (Å²) in [5.74, 6) is 0. The van der Waals surface area contributed by atoms with E-state index in [-0.39, 0.29) is 0 Å². The number of hydrogen-bond donors (Lipinski definition) is 0. The Hall–Kier alpha value is -0.460. The molecule has 2 aromatic heterocycles. The summed E-state index contributed by atoms with van der Waals surface area (Å²) < 4.78 is 1.80. The second-order valence-corrected chi connectivity index (χ2v) is 5.47. The Labute approximate surface area is 98.1 Å². The van der Waals surface area contributed by atoms with Gasteiger partial charge in [-0.3, -0.25) is 0 Å². The molecule has 0 aliphatic rings. The molecule has 0 aliphatic carbocycles. The summed E-state index contributed by atoms with van der Waals surface area (Å²) in [6.45, 7) is 1.98. The summed E-state index contributed by atoms with van der Waals surface area (Å²) >= 11 is 6.47. The van der Waals surface area contributed by atoms with Crippen LogP contribution in [0.4, 0.5) is 0 Å². The van der Waals surface area contributed by atoms with Crippen molar-refractivity contribution in [1.82, 2.24) is 15.0 Å². The molecule has 6 heteroatoms. The maximum Gasteiger partial charge on any atom is 0.156 e. The third kappa shape index (κ3) is 2.52. The Kier molecular flexibility index (Phi) is 3.15. The Balaban J connectivity index is 2.18. The lowest BCUT2D eigenvalue weighted by atomic mass is 10.6. The monoisotopic (exact) mass is 287 g/mol. The molecule has 0 N–H and O–H groups in total. The number of rotatable bonds is 2. The van der Waals surface area contributed by atoms with Crippen LogP contribution < -0.4 is 0 Å². The Morgan fingerprint density at radius 3 is 2.93 bits per heavy atom. The predicted octanol–water partition coefficient (Wildman–Crippen LogP) is 3.16. The summed E-state index contributed by atoms with van der Waals surface area (Å²) in [4.78, 5) is 12.4. The molecule has 0 radical (unpaired) electrons. The zero-order valence-corrected chi connectivity index (χ0v) is 10.5. The fourth-order valence-corrected chi connectivity index (χ4v) is 3.05. The van der Waals surface area contributed by atoms with E-state index in [2.05, 4.69) is 30.9 Å². The first-order valence-electron chi connectivity index (χ1n) is 3.81. The number of nitrogens with zero attached hydrogens (tertiary/aromatic N) is 3. The molecular weight excluding hydrogens is 282 g/mol. The quantitative estimate of drug-likeness (QED) is 0.796. The largest absolute Gasteiger partial charge is 0.235 e. The minimum atomic E-state index is 0.795. The molecular formula is C8H6BrN3S2. The van der Waals surface area contributed by atoms with E-state index in [1.54, 1.807) is 23.1 Å². The molecule has 72 valence electrons. The summed E-state index contributed by atoms with van der Waals surface area (Å²) in [5.41, 5.74) is 1.05. The highest BCUT2D eigenvalue weighted by Crippen LogP contribution is 2.29. The van der Waals surface area contributed by atoms with Gasteiger partial charge in [0.2, 0.25) is 0 Å². The lowest BCUT2D eigenvalue weighted by molar-refractivity contribution is 1.02. The molecule has 0 bridgehead atoms. The lowest BCUT2D eigenvalue weighted by Gasteiger charge is -1.95. The summed E-state index contributed by atoms with van der Waals surface area (Å²) in [6.07, 6.45) is 1.53. The SMILES string of the molecule is Cc1csc(Sc2cc(Br)ncn2)n1. The van der Waals surface area contributed by atoms with Crippen LogP contribution in [0.3, 0.4) is 0 Å². The van der Waals surface area contributed by atoms with Crippen molar-refractivity contribution in [3.8, 4) is 0 Å². The van der Waals surface area contributed by atoms with Crippen LogP contribution >= 0.6 is 39.0 Å².